The minimum atomic E-state index is -1.50. The lowest BCUT2D eigenvalue weighted by Crippen LogP contribution is -2.57. The quantitative estimate of drug-likeness (QED) is 0.238. The number of hydrogen-bond acceptors (Lipinski definition) is 8. The van der Waals surface area contributed by atoms with Crippen molar-refractivity contribution in [2.24, 2.45) is 5.11 Å². The van der Waals surface area contributed by atoms with E-state index in [1.54, 1.807) is 0 Å². The molecule has 2 bridgehead atoms. The molecule has 0 radical (unpaired) electrons. The number of aliphatic hydroxyl groups is 1. The van der Waals surface area contributed by atoms with Gasteiger partial charge in [-0.2, -0.15) is 0 Å². The van der Waals surface area contributed by atoms with Crippen LogP contribution in [0.5, 0.6) is 0 Å². The van der Waals surface area contributed by atoms with E-state index in [2.05, 4.69) is 10.0 Å². The minimum Gasteiger partial charge on any atom is -0.461 e. The molecule has 2 heterocycles. The Morgan fingerprint density at radius 1 is 1.03 bits per heavy atom. The van der Waals surface area contributed by atoms with Crippen LogP contribution in [0.15, 0.2) is 65.8 Å². The van der Waals surface area contributed by atoms with Gasteiger partial charge < -0.3 is 28.8 Å². The summed E-state index contributed by atoms with van der Waals surface area (Å²) in [5.74, 6) is -2.19. The van der Waals surface area contributed by atoms with Crippen molar-refractivity contribution >= 4 is 5.97 Å². The smallest absolute Gasteiger partial charge is 0.338 e. The summed E-state index contributed by atoms with van der Waals surface area (Å²) in [6.07, 6.45) is -3.40. The number of ether oxygens (including phenoxy) is 5. The maximum absolute atomic E-state index is 12.6. The third-order valence-electron chi connectivity index (χ3n) is 5.50. The molecule has 0 amide bonds. The van der Waals surface area contributed by atoms with Gasteiger partial charge in [0.2, 0.25) is 5.79 Å². The molecule has 0 unspecified atom stereocenters. The molecule has 4 rings (SSSR count). The van der Waals surface area contributed by atoms with Crippen LogP contribution in [-0.4, -0.2) is 61.0 Å². The summed E-state index contributed by atoms with van der Waals surface area (Å²) in [6.45, 7) is -0.197. The molecule has 5 atom stereocenters. The number of rotatable bonds is 11. The van der Waals surface area contributed by atoms with Gasteiger partial charge in [0.15, 0.2) is 6.10 Å². The first-order valence-corrected chi connectivity index (χ1v) is 10.6. The van der Waals surface area contributed by atoms with Crippen LogP contribution in [0.4, 0.5) is 0 Å². The van der Waals surface area contributed by atoms with Crippen molar-refractivity contribution < 1.29 is 33.6 Å². The molecule has 10 nitrogen and oxygen atoms in total. The van der Waals surface area contributed by atoms with E-state index in [0.29, 0.717) is 0 Å². The number of benzene rings is 2. The van der Waals surface area contributed by atoms with Crippen LogP contribution in [0.1, 0.15) is 11.1 Å². The molecule has 1 N–H and O–H groups in total. The molecule has 2 aliphatic heterocycles. The zero-order valence-corrected chi connectivity index (χ0v) is 17.9. The van der Waals surface area contributed by atoms with Crippen molar-refractivity contribution in [1.82, 2.24) is 0 Å². The third kappa shape index (κ3) is 5.17. The predicted molar refractivity (Wildman–Crippen MR) is 115 cm³/mol. The number of aliphatic hydroxyl groups excluding tert-OH is 1. The highest BCUT2D eigenvalue weighted by molar-refractivity contribution is 5.76. The molecule has 0 aromatic heterocycles. The highest BCUT2D eigenvalue weighted by Gasteiger charge is 2.68. The normalized spacial score (nSPS) is 27.8. The van der Waals surface area contributed by atoms with Crippen LogP contribution in [-0.2, 0) is 41.7 Å². The van der Waals surface area contributed by atoms with Gasteiger partial charge in [0, 0.05) is 4.91 Å². The predicted octanol–water partition coefficient (Wildman–Crippen LogP) is 2.50. The summed E-state index contributed by atoms with van der Waals surface area (Å²) < 4.78 is 29.5. The third-order valence-corrected chi connectivity index (χ3v) is 5.50. The van der Waals surface area contributed by atoms with Crippen molar-refractivity contribution in [3.05, 3.63) is 82.2 Å². The molecular formula is C23H25N3O7. The molecule has 2 aliphatic rings. The highest BCUT2D eigenvalue weighted by Crippen LogP contribution is 2.46. The summed E-state index contributed by atoms with van der Waals surface area (Å²) in [4.78, 5) is 15.4. The zero-order chi connectivity index (χ0) is 23.1. The van der Waals surface area contributed by atoms with Gasteiger partial charge in [0.25, 0.3) is 0 Å². The van der Waals surface area contributed by atoms with Gasteiger partial charge in [0.1, 0.15) is 24.9 Å². The van der Waals surface area contributed by atoms with Crippen LogP contribution in [0.25, 0.3) is 10.4 Å². The van der Waals surface area contributed by atoms with E-state index in [1.807, 2.05) is 60.7 Å². The van der Waals surface area contributed by atoms with Crippen LogP contribution in [0.3, 0.4) is 0 Å². The number of carbonyl (C=O) groups is 1. The molecule has 33 heavy (non-hydrogen) atoms. The molecular weight excluding hydrogens is 430 g/mol. The largest absolute Gasteiger partial charge is 0.461 e. The van der Waals surface area contributed by atoms with E-state index < -0.39 is 36.2 Å². The molecule has 2 saturated heterocycles. The van der Waals surface area contributed by atoms with Crippen LogP contribution in [0.2, 0.25) is 0 Å². The van der Waals surface area contributed by atoms with Crippen LogP contribution >= 0.6 is 0 Å². The van der Waals surface area contributed by atoms with E-state index >= 15 is 0 Å². The van der Waals surface area contributed by atoms with Crippen molar-refractivity contribution in [1.29, 1.82) is 0 Å². The number of hydrogen-bond donors (Lipinski definition) is 1. The number of nitrogens with zero attached hydrogens (tertiary/aromatic N) is 3. The second-order valence-electron chi connectivity index (χ2n) is 7.69. The molecule has 2 fully saturated rings. The van der Waals surface area contributed by atoms with E-state index in [4.69, 9.17) is 34.3 Å². The Balaban J connectivity index is 1.58. The van der Waals surface area contributed by atoms with Gasteiger partial charge >= 0.3 is 5.97 Å². The summed E-state index contributed by atoms with van der Waals surface area (Å²) in [7, 11) is 0. The number of esters is 1. The van der Waals surface area contributed by atoms with Crippen molar-refractivity contribution in [2.45, 2.75) is 43.4 Å². The molecule has 0 spiro atoms. The average molecular weight is 455 g/mol. The monoisotopic (exact) mass is 455 g/mol. The number of fused-ring (bicyclic) bond motifs is 2. The molecule has 2 aromatic carbocycles. The fourth-order valence-electron chi connectivity index (χ4n) is 4.03. The fraction of sp³-hybridized carbons (Fsp3) is 0.435. The second kappa shape index (κ2) is 10.8. The average Bonchev–Trinajstić information content (AvgIpc) is 3.38. The molecule has 0 saturated carbocycles. The SMILES string of the molecule is [N-]=[N+]=NC[C@]12O[C@H]([C@H](OCc3ccccc3)[C@H]1OCc1ccccc1)[C@@H](C(=O)OCCO)O2. The first-order valence-electron chi connectivity index (χ1n) is 10.6. The van der Waals surface area contributed by atoms with Gasteiger partial charge in [-0.3, -0.25) is 0 Å². The highest BCUT2D eigenvalue weighted by atomic mass is 16.8. The Bertz CT molecular complexity index is 971. The topological polar surface area (TPSA) is 132 Å². The molecule has 2 aromatic rings. The summed E-state index contributed by atoms with van der Waals surface area (Å²) in [5, 5.41) is 12.6. The van der Waals surface area contributed by atoms with Crippen molar-refractivity contribution in [3.63, 3.8) is 0 Å². The first-order chi connectivity index (χ1) is 16.2. The summed E-state index contributed by atoms with van der Waals surface area (Å²) in [6, 6.07) is 19.1. The zero-order valence-electron chi connectivity index (χ0n) is 17.9. The Morgan fingerprint density at radius 3 is 2.27 bits per heavy atom. The van der Waals surface area contributed by atoms with Crippen LogP contribution < -0.4 is 0 Å². The van der Waals surface area contributed by atoms with Gasteiger partial charge in [-0.05, 0) is 16.7 Å². The van der Waals surface area contributed by atoms with E-state index in [0.717, 1.165) is 11.1 Å². The van der Waals surface area contributed by atoms with E-state index in [-0.39, 0.29) is 33.0 Å². The maximum atomic E-state index is 12.6. The summed E-state index contributed by atoms with van der Waals surface area (Å²) in [5.41, 5.74) is 10.8. The second-order valence-corrected chi connectivity index (χ2v) is 7.69. The molecule has 0 aliphatic carbocycles. The fourth-order valence-corrected chi connectivity index (χ4v) is 4.03. The van der Waals surface area contributed by atoms with Crippen molar-refractivity contribution in [2.75, 3.05) is 19.8 Å². The minimum absolute atomic E-state index is 0.168. The van der Waals surface area contributed by atoms with Crippen LogP contribution in [0, 0.1) is 0 Å². The van der Waals surface area contributed by atoms with Gasteiger partial charge in [-0.25, -0.2) is 4.79 Å². The van der Waals surface area contributed by atoms with Gasteiger partial charge in [-0.15, -0.1) is 0 Å². The Hall–Kier alpha value is -2.98. The first kappa shape index (κ1) is 23.2. The molecule has 10 heteroatoms. The van der Waals surface area contributed by atoms with E-state index in [9.17, 15) is 4.79 Å². The molecule has 174 valence electrons. The van der Waals surface area contributed by atoms with Crippen molar-refractivity contribution in [3.8, 4) is 0 Å². The lowest BCUT2D eigenvalue weighted by Gasteiger charge is -2.37. The number of azide groups is 1. The van der Waals surface area contributed by atoms with E-state index in [1.165, 1.54) is 0 Å². The number of carbonyl (C=O) groups excluding carboxylic acids is 1. The maximum Gasteiger partial charge on any atom is 0.338 e. The lowest BCUT2D eigenvalue weighted by atomic mass is 9.97. The Labute approximate surface area is 190 Å². The van der Waals surface area contributed by atoms with Gasteiger partial charge in [0.05, 0.1) is 26.4 Å². The Morgan fingerprint density at radius 2 is 1.67 bits per heavy atom. The summed E-state index contributed by atoms with van der Waals surface area (Å²) >= 11 is 0. The standard InChI is InChI=1S/C23H25N3O7/c24-26-25-15-23-21(31-14-17-9-5-2-6-10-17)19(30-13-16-7-3-1-4-8-16)18(32-23)20(33-23)22(28)29-12-11-27/h1-10,18-21,27H,11-15H2/t18-,19+,20+,21-,23-/m1/s1. The van der Waals surface area contributed by atoms with Gasteiger partial charge in [-0.1, -0.05) is 65.8 Å². The lowest BCUT2D eigenvalue weighted by molar-refractivity contribution is -0.239. The Kier molecular flexibility index (Phi) is 7.56.